The maximum Gasteiger partial charge on any atom is 0.242 e. The molecule has 4 N–H and O–H groups in total. The summed E-state index contributed by atoms with van der Waals surface area (Å²) in [4.78, 5) is 11.3. The molecule has 0 spiro atoms. The van der Waals surface area contributed by atoms with E-state index in [0.29, 0.717) is 6.54 Å². The van der Waals surface area contributed by atoms with Gasteiger partial charge in [-0.3, -0.25) is 4.79 Å². The molecule has 0 saturated heterocycles. The number of carbonyl (C=O) groups is 1. The highest BCUT2D eigenvalue weighted by atomic mass is 32.2. The highest BCUT2D eigenvalue weighted by Crippen LogP contribution is 2.19. The van der Waals surface area contributed by atoms with Crippen molar-refractivity contribution in [2.45, 2.75) is 24.7 Å². The van der Waals surface area contributed by atoms with Crippen LogP contribution in [0.3, 0.4) is 0 Å². The van der Waals surface area contributed by atoms with Crippen LogP contribution in [0.5, 0.6) is 0 Å². The molecule has 0 atom stereocenters. The van der Waals surface area contributed by atoms with Crippen LogP contribution in [0.25, 0.3) is 0 Å². The second-order valence-electron chi connectivity index (χ2n) is 4.36. The van der Waals surface area contributed by atoms with Gasteiger partial charge in [-0.15, -0.1) is 0 Å². The lowest BCUT2D eigenvalue weighted by molar-refractivity contribution is -0.120. The van der Waals surface area contributed by atoms with Crippen molar-refractivity contribution in [2.75, 3.05) is 18.8 Å². The number of sulfonamides is 1. The van der Waals surface area contributed by atoms with E-state index in [1.165, 1.54) is 18.2 Å². The Bertz CT molecular complexity index is 650. The van der Waals surface area contributed by atoms with Gasteiger partial charge in [-0.1, -0.05) is 6.92 Å². The molecule has 0 heterocycles. The second-order valence-corrected chi connectivity index (χ2v) is 6.10. The fourth-order valence-corrected chi connectivity index (χ4v) is 2.73. The maximum absolute atomic E-state index is 12.0. The summed E-state index contributed by atoms with van der Waals surface area (Å²) in [7, 11) is -3.80. The highest BCUT2D eigenvalue weighted by Gasteiger charge is 2.17. The van der Waals surface area contributed by atoms with Crippen molar-refractivity contribution in [3.05, 3.63) is 23.8 Å². The lowest BCUT2D eigenvalue weighted by atomic mass is 10.2. The van der Waals surface area contributed by atoms with Crippen LogP contribution in [0.15, 0.2) is 23.1 Å². The van der Waals surface area contributed by atoms with E-state index in [2.05, 4.69) is 10.0 Å². The molecule has 0 unspecified atom stereocenters. The van der Waals surface area contributed by atoms with Gasteiger partial charge >= 0.3 is 0 Å². The molecule has 1 aromatic rings. The van der Waals surface area contributed by atoms with Crippen LogP contribution in [-0.4, -0.2) is 27.4 Å². The van der Waals surface area contributed by atoms with Crippen LogP contribution < -0.4 is 15.8 Å². The van der Waals surface area contributed by atoms with Gasteiger partial charge < -0.3 is 11.1 Å². The Morgan fingerprint density at radius 3 is 2.67 bits per heavy atom. The Hall–Kier alpha value is -2.11. The molecule has 0 aliphatic heterocycles. The van der Waals surface area contributed by atoms with E-state index in [0.717, 1.165) is 6.42 Å². The topological polar surface area (TPSA) is 125 Å². The Labute approximate surface area is 124 Å². The van der Waals surface area contributed by atoms with Gasteiger partial charge in [0.05, 0.1) is 17.3 Å². The largest absolute Gasteiger partial charge is 0.398 e. The van der Waals surface area contributed by atoms with Crippen molar-refractivity contribution >= 4 is 21.6 Å². The van der Waals surface area contributed by atoms with Gasteiger partial charge in [0.15, 0.2) is 0 Å². The zero-order valence-corrected chi connectivity index (χ0v) is 12.5. The van der Waals surface area contributed by atoms with Crippen molar-refractivity contribution in [2.24, 2.45) is 0 Å². The van der Waals surface area contributed by atoms with Crippen LogP contribution >= 0.6 is 0 Å². The zero-order valence-electron chi connectivity index (χ0n) is 11.7. The van der Waals surface area contributed by atoms with E-state index >= 15 is 0 Å². The molecule has 0 aliphatic carbocycles. The number of rotatable bonds is 7. The lowest BCUT2D eigenvalue weighted by Crippen LogP contribution is -2.31. The summed E-state index contributed by atoms with van der Waals surface area (Å²) in [5, 5.41) is 11.4. The number of nitrogens with one attached hydrogen (secondary N) is 2. The molecule has 1 rings (SSSR count). The van der Waals surface area contributed by atoms with Gasteiger partial charge in [0, 0.05) is 19.5 Å². The van der Waals surface area contributed by atoms with E-state index < -0.39 is 10.0 Å². The summed E-state index contributed by atoms with van der Waals surface area (Å²) >= 11 is 0. The minimum Gasteiger partial charge on any atom is -0.398 e. The molecule has 0 fully saturated rings. The van der Waals surface area contributed by atoms with Crippen molar-refractivity contribution in [1.82, 2.24) is 10.0 Å². The van der Waals surface area contributed by atoms with Crippen molar-refractivity contribution < 1.29 is 13.2 Å². The first-order chi connectivity index (χ1) is 9.90. The van der Waals surface area contributed by atoms with E-state index in [4.69, 9.17) is 11.0 Å². The van der Waals surface area contributed by atoms with Gasteiger partial charge in [0.2, 0.25) is 15.9 Å². The number of benzene rings is 1. The average Bonchev–Trinajstić information content (AvgIpc) is 2.44. The Balaban J connectivity index is 2.66. The number of nitrogens with zero attached hydrogens (tertiary/aromatic N) is 1. The standard InChI is InChI=1S/C13H18N4O3S/c1-2-6-16-13(18)5-7-17-21(19,20)12-4-3-10(9-14)8-11(12)15/h3-4,8,17H,2,5-7,15H2,1H3,(H,16,18). The van der Waals surface area contributed by atoms with Gasteiger partial charge in [-0.25, -0.2) is 13.1 Å². The maximum atomic E-state index is 12.0. The third-order valence-electron chi connectivity index (χ3n) is 2.64. The smallest absolute Gasteiger partial charge is 0.242 e. The third kappa shape index (κ3) is 5.06. The number of hydrogen-bond acceptors (Lipinski definition) is 5. The Kier molecular flexibility index (Phi) is 6.14. The third-order valence-corrected chi connectivity index (χ3v) is 4.18. The summed E-state index contributed by atoms with van der Waals surface area (Å²) in [5.74, 6) is -0.215. The predicted octanol–water partition coefficient (Wildman–Crippen LogP) is 0.335. The van der Waals surface area contributed by atoms with Gasteiger partial charge in [0.25, 0.3) is 0 Å². The van der Waals surface area contributed by atoms with Crippen molar-refractivity contribution in [3.8, 4) is 6.07 Å². The molecular formula is C13H18N4O3S. The number of anilines is 1. The van der Waals surface area contributed by atoms with Gasteiger partial charge in [-0.05, 0) is 24.6 Å². The van der Waals surface area contributed by atoms with E-state index in [1.54, 1.807) is 0 Å². The molecule has 1 amide bonds. The average molecular weight is 310 g/mol. The minimum absolute atomic E-state index is 0.00279. The molecule has 0 saturated carbocycles. The molecule has 1 aromatic carbocycles. The summed E-state index contributed by atoms with van der Waals surface area (Å²) in [6.07, 6.45) is 0.870. The first-order valence-electron chi connectivity index (χ1n) is 6.46. The Morgan fingerprint density at radius 1 is 1.38 bits per heavy atom. The van der Waals surface area contributed by atoms with Crippen LogP contribution in [0.4, 0.5) is 5.69 Å². The van der Waals surface area contributed by atoms with Crippen LogP contribution in [0.2, 0.25) is 0 Å². The molecule has 7 nitrogen and oxygen atoms in total. The summed E-state index contributed by atoms with van der Waals surface area (Å²) in [6.45, 7) is 2.47. The molecule has 114 valence electrons. The van der Waals surface area contributed by atoms with E-state index in [-0.39, 0.29) is 35.0 Å². The number of carbonyl (C=O) groups excluding carboxylic acids is 1. The number of hydrogen-bond donors (Lipinski definition) is 3. The SMILES string of the molecule is CCCNC(=O)CCNS(=O)(=O)c1ccc(C#N)cc1N. The molecule has 0 aliphatic rings. The molecule has 0 aromatic heterocycles. The van der Waals surface area contributed by atoms with E-state index in [9.17, 15) is 13.2 Å². The monoisotopic (exact) mass is 310 g/mol. The quantitative estimate of drug-likeness (QED) is 0.626. The van der Waals surface area contributed by atoms with Gasteiger partial charge in [0.1, 0.15) is 4.90 Å². The fraction of sp³-hybridized carbons (Fsp3) is 0.385. The van der Waals surface area contributed by atoms with Crippen LogP contribution in [0.1, 0.15) is 25.3 Å². The number of nitrogens with two attached hydrogens (primary N) is 1. The van der Waals surface area contributed by atoms with Crippen molar-refractivity contribution in [1.29, 1.82) is 5.26 Å². The molecule has 21 heavy (non-hydrogen) atoms. The van der Waals surface area contributed by atoms with E-state index in [1.807, 2.05) is 13.0 Å². The molecule has 0 radical (unpaired) electrons. The molecule has 8 heteroatoms. The van der Waals surface area contributed by atoms with Crippen molar-refractivity contribution in [3.63, 3.8) is 0 Å². The normalized spacial score (nSPS) is 10.9. The molecule has 0 bridgehead atoms. The summed E-state index contributed by atoms with van der Waals surface area (Å²) in [6, 6.07) is 5.82. The number of nitriles is 1. The second kappa shape index (κ2) is 7.61. The number of nitrogen functional groups attached to an aromatic ring is 1. The first kappa shape index (κ1) is 16.9. The zero-order chi connectivity index (χ0) is 15.9. The molecular weight excluding hydrogens is 292 g/mol. The lowest BCUT2D eigenvalue weighted by Gasteiger charge is -2.09. The number of amides is 1. The van der Waals surface area contributed by atoms with Crippen LogP contribution in [-0.2, 0) is 14.8 Å². The van der Waals surface area contributed by atoms with Gasteiger partial charge in [-0.2, -0.15) is 5.26 Å². The summed E-state index contributed by atoms with van der Waals surface area (Å²) in [5.41, 5.74) is 5.91. The van der Waals surface area contributed by atoms with Crippen LogP contribution in [0, 0.1) is 11.3 Å². The minimum atomic E-state index is -3.80. The summed E-state index contributed by atoms with van der Waals surface area (Å²) < 4.78 is 26.4. The predicted molar refractivity (Wildman–Crippen MR) is 78.7 cm³/mol. The first-order valence-corrected chi connectivity index (χ1v) is 7.95. The fourth-order valence-electron chi connectivity index (χ4n) is 1.59. The highest BCUT2D eigenvalue weighted by molar-refractivity contribution is 7.89. The Morgan fingerprint density at radius 2 is 2.10 bits per heavy atom.